The van der Waals surface area contributed by atoms with Crippen LogP contribution >= 0.6 is 11.6 Å². The van der Waals surface area contributed by atoms with Gasteiger partial charge < -0.3 is 20.1 Å². The second kappa shape index (κ2) is 8.37. The summed E-state index contributed by atoms with van der Waals surface area (Å²) in [6, 6.07) is 15.5. The van der Waals surface area contributed by atoms with Crippen LogP contribution in [-0.4, -0.2) is 30.3 Å². The average Bonchev–Trinajstić information content (AvgIpc) is 2.70. The molecule has 2 N–H and O–H groups in total. The molecule has 3 aromatic rings. The van der Waals surface area contributed by atoms with Crippen LogP contribution < -0.4 is 20.1 Å². The largest absolute Gasteiger partial charge is 0.493 e. The third kappa shape index (κ3) is 4.45. The van der Waals surface area contributed by atoms with Gasteiger partial charge in [0.05, 0.1) is 24.9 Å². The van der Waals surface area contributed by atoms with E-state index in [1.54, 1.807) is 36.4 Å². The third-order valence-electron chi connectivity index (χ3n) is 3.69. The van der Waals surface area contributed by atoms with Crippen LogP contribution in [-0.2, 0) is 0 Å². The van der Waals surface area contributed by atoms with Crippen LogP contribution in [0.5, 0.6) is 11.5 Å². The van der Waals surface area contributed by atoms with Crippen LogP contribution in [0.25, 0.3) is 0 Å². The molecule has 0 aliphatic heterocycles. The Bertz CT molecular complexity index is 948. The van der Waals surface area contributed by atoms with Crippen molar-refractivity contribution in [2.24, 2.45) is 0 Å². The smallest absolute Gasteiger partial charge is 0.257 e. The summed E-state index contributed by atoms with van der Waals surface area (Å²) in [6.07, 6.45) is 0. The van der Waals surface area contributed by atoms with E-state index in [1.165, 1.54) is 14.2 Å². The number of hydrogen-bond acceptors (Lipinski definition) is 6. The summed E-state index contributed by atoms with van der Waals surface area (Å²) >= 11 is 6.10. The Balaban J connectivity index is 1.69. The Kier molecular flexibility index (Phi) is 5.73. The Morgan fingerprint density at radius 2 is 1.63 bits per heavy atom. The lowest BCUT2D eigenvalue weighted by molar-refractivity contribution is 0.102. The standard InChI is InChI=1S/C19H17ClN4O3/c1-26-15-8-7-12(11-16(15)27-2)19(25)22-18-10-9-17(23-24-18)21-14-6-4-3-5-13(14)20/h3-11H,1-2H3,(H,21,23)(H,22,24,25). The first-order valence-electron chi connectivity index (χ1n) is 7.99. The van der Waals surface area contributed by atoms with Crippen LogP contribution in [0.3, 0.4) is 0 Å². The molecule has 0 atom stereocenters. The van der Waals surface area contributed by atoms with Crippen molar-refractivity contribution in [2.45, 2.75) is 0 Å². The molecule has 2 aromatic carbocycles. The zero-order chi connectivity index (χ0) is 19.2. The van der Waals surface area contributed by atoms with Crippen molar-refractivity contribution in [3.8, 4) is 11.5 Å². The maximum Gasteiger partial charge on any atom is 0.257 e. The highest BCUT2D eigenvalue weighted by molar-refractivity contribution is 6.33. The number of rotatable bonds is 6. The van der Waals surface area contributed by atoms with E-state index in [-0.39, 0.29) is 5.91 Å². The van der Waals surface area contributed by atoms with E-state index in [0.717, 1.165) is 5.69 Å². The number of anilines is 3. The summed E-state index contributed by atoms with van der Waals surface area (Å²) in [5, 5.41) is 14.4. The molecule has 27 heavy (non-hydrogen) atoms. The zero-order valence-electron chi connectivity index (χ0n) is 14.7. The van der Waals surface area contributed by atoms with E-state index in [4.69, 9.17) is 21.1 Å². The fourth-order valence-corrected chi connectivity index (χ4v) is 2.52. The molecule has 138 valence electrons. The molecule has 0 radical (unpaired) electrons. The first-order chi connectivity index (χ1) is 13.1. The van der Waals surface area contributed by atoms with Gasteiger partial charge >= 0.3 is 0 Å². The average molecular weight is 385 g/mol. The summed E-state index contributed by atoms with van der Waals surface area (Å²) in [6.45, 7) is 0. The van der Waals surface area contributed by atoms with Gasteiger partial charge in [0.1, 0.15) is 0 Å². The first-order valence-corrected chi connectivity index (χ1v) is 8.37. The molecule has 0 aliphatic rings. The molecule has 0 saturated heterocycles. The molecule has 1 heterocycles. The predicted molar refractivity (Wildman–Crippen MR) is 104 cm³/mol. The van der Waals surface area contributed by atoms with Crippen LogP contribution in [0, 0.1) is 0 Å². The molecule has 1 amide bonds. The molecule has 0 bridgehead atoms. The summed E-state index contributed by atoms with van der Waals surface area (Å²) in [7, 11) is 3.04. The molecule has 0 unspecified atom stereocenters. The predicted octanol–water partition coefficient (Wildman–Crippen LogP) is 4.14. The van der Waals surface area contributed by atoms with E-state index in [2.05, 4.69) is 20.8 Å². The second-order valence-electron chi connectivity index (χ2n) is 5.43. The molecule has 3 rings (SSSR count). The summed E-state index contributed by atoms with van der Waals surface area (Å²) in [5.74, 6) is 1.50. The van der Waals surface area contributed by atoms with Crippen molar-refractivity contribution in [2.75, 3.05) is 24.9 Å². The highest BCUT2D eigenvalue weighted by Crippen LogP contribution is 2.28. The lowest BCUT2D eigenvalue weighted by Crippen LogP contribution is -2.13. The minimum absolute atomic E-state index is 0.319. The molecule has 8 heteroatoms. The van der Waals surface area contributed by atoms with Crippen molar-refractivity contribution in [1.82, 2.24) is 10.2 Å². The van der Waals surface area contributed by atoms with Crippen molar-refractivity contribution >= 4 is 34.8 Å². The Morgan fingerprint density at radius 3 is 2.30 bits per heavy atom. The number of aromatic nitrogens is 2. The number of halogens is 1. The number of benzene rings is 2. The van der Waals surface area contributed by atoms with Gasteiger partial charge in [-0.05, 0) is 42.5 Å². The van der Waals surface area contributed by atoms with Crippen molar-refractivity contribution < 1.29 is 14.3 Å². The number of nitrogens with zero attached hydrogens (tertiary/aromatic N) is 2. The van der Waals surface area contributed by atoms with E-state index in [9.17, 15) is 4.79 Å². The maximum atomic E-state index is 12.4. The number of para-hydroxylation sites is 1. The van der Waals surface area contributed by atoms with Gasteiger partial charge in [-0.15, -0.1) is 10.2 Å². The van der Waals surface area contributed by atoms with Crippen LogP contribution in [0.4, 0.5) is 17.3 Å². The van der Waals surface area contributed by atoms with Gasteiger partial charge in [-0.1, -0.05) is 23.7 Å². The highest BCUT2D eigenvalue weighted by Gasteiger charge is 2.12. The molecular formula is C19H17ClN4O3. The normalized spacial score (nSPS) is 10.2. The van der Waals surface area contributed by atoms with Gasteiger partial charge in [-0.3, -0.25) is 4.79 Å². The first kappa shape index (κ1) is 18.5. The topological polar surface area (TPSA) is 85.4 Å². The fourth-order valence-electron chi connectivity index (χ4n) is 2.33. The number of methoxy groups -OCH3 is 2. The third-order valence-corrected chi connectivity index (χ3v) is 4.02. The number of ether oxygens (including phenoxy) is 2. The van der Waals surface area contributed by atoms with E-state index in [1.807, 2.05) is 18.2 Å². The Morgan fingerprint density at radius 1 is 0.926 bits per heavy atom. The molecule has 0 fully saturated rings. The van der Waals surface area contributed by atoms with Gasteiger partial charge in [0.15, 0.2) is 23.1 Å². The number of carbonyl (C=O) groups excluding carboxylic acids is 1. The fraction of sp³-hybridized carbons (Fsp3) is 0.105. The van der Waals surface area contributed by atoms with Gasteiger partial charge in [-0.2, -0.15) is 0 Å². The van der Waals surface area contributed by atoms with E-state index >= 15 is 0 Å². The summed E-state index contributed by atoms with van der Waals surface area (Å²) in [4.78, 5) is 12.4. The van der Waals surface area contributed by atoms with Gasteiger partial charge in [0.2, 0.25) is 0 Å². The summed E-state index contributed by atoms with van der Waals surface area (Å²) < 4.78 is 10.4. The monoisotopic (exact) mass is 384 g/mol. The molecule has 0 aliphatic carbocycles. The Labute approximate surface area is 161 Å². The molecule has 0 spiro atoms. The summed E-state index contributed by atoms with van der Waals surface area (Å²) in [5.41, 5.74) is 1.13. The zero-order valence-corrected chi connectivity index (χ0v) is 15.4. The van der Waals surface area contributed by atoms with Crippen molar-refractivity contribution in [3.63, 3.8) is 0 Å². The number of amides is 1. The highest BCUT2D eigenvalue weighted by atomic mass is 35.5. The molecular weight excluding hydrogens is 368 g/mol. The lowest BCUT2D eigenvalue weighted by Gasteiger charge is -2.10. The van der Waals surface area contributed by atoms with E-state index < -0.39 is 0 Å². The van der Waals surface area contributed by atoms with Gasteiger partial charge in [0, 0.05) is 5.56 Å². The molecule has 1 aromatic heterocycles. The Hall–Kier alpha value is -3.32. The lowest BCUT2D eigenvalue weighted by atomic mass is 10.2. The van der Waals surface area contributed by atoms with E-state index in [0.29, 0.717) is 33.7 Å². The minimum Gasteiger partial charge on any atom is -0.493 e. The van der Waals surface area contributed by atoms with Crippen LogP contribution in [0.15, 0.2) is 54.6 Å². The number of hydrogen-bond donors (Lipinski definition) is 2. The quantitative estimate of drug-likeness (QED) is 0.664. The number of nitrogens with one attached hydrogen (secondary N) is 2. The van der Waals surface area contributed by atoms with Crippen molar-refractivity contribution in [1.29, 1.82) is 0 Å². The van der Waals surface area contributed by atoms with Crippen molar-refractivity contribution in [3.05, 3.63) is 65.2 Å². The number of carbonyl (C=O) groups is 1. The molecule has 0 saturated carbocycles. The maximum absolute atomic E-state index is 12.4. The second-order valence-corrected chi connectivity index (χ2v) is 5.84. The SMILES string of the molecule is COc1ccc(C(=O)Nc2ccc(Nc3ccccc3Cl)nn2)cc1OC. The van der Waals surface area contributed by atoms with Gasteiger partial charge in [0.25, 0.3) is 5.91 Å². The van der Waals surface area contributed by atoms with Crippen LogP contribution in [0.1, 0.15) is 10.4 Å². The molecule has 7 nitrogen and oxygen atoms in total. The van der Waals surface area contributed by atoms with Gasteiger partial charge in [-0.25, -0.2) is 0 Å². The minimum atomic E-state index is -0.336. The van der Waals surface area contributed by atoms with Crippen LogP contribution in [0.2, 0.25) is 5.02 Å².